The second-order valence-corrected chi connectivity index (χ2v) is 4.34. The predicted octanol–water partition coefficient (Wildman–Crippen LogP) is 4.21. The number of aromatic nitrogens is 1. The molecule has 2 aromatic rings. The SMILES string of the molecule is CCc1c(C)nc2cc(F)cc(C)c2c1Cl. The highest BCUT2D eigenvalue weighted by atomic mass is 35.5. The van der Waals surface area contributed by atoms with Crippen LogP contribution in [0.2, 0.25) is 5.02 Å². The van der Waals surface area contributed by atoms with Crippen molar-refractivity contribution in [1.29, 1.82) is 0 Å². The van der Waals surface area contributed by atoms with Crippen LogP contribution in [-0.2, 0) is 6.42 Å². The van der Waals surface area contributed by atoms with Gasteiger partial charge in [-0.1, -0.05) is 18.5 Å². The van der Waals surface area contributed by atoms with Gasteiger partial charge in [-0.05, 0) is 37.5 Å². The third-order valence-corrected chi connectivity index (χ3v) is 3.26. The van der Waals surface area contributed by atoms with Crippen molar-refractivity contribution in [2.75, 3.05) is 0 Å². The summed E-state index contributed by atoms with van der Waals surface area (Å²) in [6, 6.07) is 2.92. The molecule has 1 heterocycles. The van der Waals surface area contributed by atoms with Crippen LogP contribution in [0, 0.1) is 19.7 Å². The van der Waals surface area contributed by atoms with Crippen LogP contribution in [0.4, 0.5) is 4.39 Å². The molecule has 0 bridgehead atoms. The molecular formula is C13H13ClFN. The highest BCUT2D eigenvalue weighted by Crippen LogP contribution is 2.31. The van der Waals surface area contributed by atoms with E-state index in [1.807, 2.05) is 20.8 Å². The van der Waals surface area contributed by atoms with Crippen molar-refractivity contribution in [2.24, 2.45) is 0 Å². The second kappa shape index (κ2) is 4.02. The van der Waals surface area contributed by atoms with Crippen molar-refractivity contribution in [3.8, 4) is 0 Å². The molecule has 1 nitrogen and oxygen atoms in total. The zero-order chi connectivity index (χ0) is 11.9. The van der Waals surface area contributed by atoms with Crippen LogP contribution >= 0.6 is 11.6 Å². The van der Waals surface area contributed by atoms with Gasteiger partial charge in [-0.2, -0.15) is 0 Å². The molecule has 0 aliphatic carbocycles. The highest BCUT2D eigenvalue weighted by Gasteiger charge is 2.12. The largest absolute Gasteiger partial charge is 0.253 e. The summed E-state index contributed by atoms with van der Waals surface area (Å²) in [6.45, 7) is 5.80. The van der Waals surface area contributed by atoms with Crippen molar-refractivity contribution in [3.05, 3.63) is 39.8 Å². The lowest BCUT2D eigenvalue weighted by molar-refractivity contribution is 0.628. The van der Waals surface area contributed by atoms with Gasteiger partial charge in [0.1, 0.15) is 5.82 Å². The Balaban J connectivity index is 2.93. The first-order valence-electron chi connectivity index (χ1n) is 5.29. The van der Waals surface area contributed by atoms with Crippen LogP contribution in [0.1, 0.15) is 23.7 Å². The van der Waals surface area contributed by atoms with Crippen molar-refractivity contribution in [2.45, 2.75) is 27.2 Å². The molecule has 0 aliphatic heterocycles. The molecule has 1 aromatic heterocycles. The van der Waals surface area contributed by atoms with E-state index in [9.17, 15) is 4.39 Å². The number of benzene rings is 1. The van der Waals surface area contributed by atoms with Gasteiger partial charge in [0.05, 0.1) is 10.5 Å². The van der Waals surface area contributed by atoms with Crippen LogP contribution in [0.5, 0.6) is 0 Å². The first-order valence-corrected chi connectivity index (χ1v) is 5.67. The summed E-state index contributed by atoms with van der Waals surface area (Å²) in [4.78, 5) is 4.40. The topological polar surface area (TPSA) is 12.9 Å². The minimum atomic E-state index is -0.266. The molecule has 0 N–H and O–H groups in total. The quantitative estimate of drug-likeness (QED) is 0.724. The Bertz CT molecular complexity index is 564. The average molecular weight is 238 g/mol. The van der Waals surface area contributed by atoms with Gasteiger partial charge in [0.15, 0.2) is 0 Å². The molecule has 16 heavy (non-hydrogen) atoms. The van der Waals surface area contributed by atoms with Crippen LogP contribution in [0.15, 0.2) is 12.1 Å². The van der Waals surface area contributed by atoms with Gasteiger partial charge >= 0.3 is 0 Å². The van der Waals surface area contributed by atoms with Gasteiger partial charge in [-0.15, -0.1) is 0 Å². The number of hydrogen-bond donors (Lipinski definition) is 0. The highest BCUT2D eigenvalue weighted by molar-refractivity contribution is 6.36. The molecule has 2 rings (SSSR count). The van der Waals surface area contributed by atoms with Gasteiger partial charge in [0.25, 0.3) is 0 Å². The van der Waals surface area contributed by atoms with E-state index in [2.05, 4.69) is 4.98 Å². The number of nitrogens with zero attached hydrogens (tertiary/aromatic N) is 1. The predicted molar refractivity (Wildman–Crippen MR) is 65.6 cm³/mol. The minimum Gasteiger partial charge on any atom is -0.253 e. The maximum atomic E-state index is 13.3. The van der Waals surface area contributed by atoms with Gasteiger partial charge in [-0.3, -0.25) is 4.98 Å². The van der Waals surface area contributed by atoms with E-state index >= 15 is 0 Å². The Morgan fingerprint density at radius 1 is 1.31 bits per heavy atom. The van der Waals surface area contributed by atoms with Crippen LogP contribution in [0.3, 0.4) is 0 Å². The van der Waals surface area contributed by atoms with Gasteiger partial charge in [0, 0.05) is 17.1 Å². The molecule has 0 amide bonds. The van der Waals surface area contributed by atoms with Gasteiger partial charge in [-0.25, -0.2) is 4.39 Å². The third-order valence-electron chi connectivity index (χ3n) is 2.84. The van der Waals surface area contributed by atoms with Crippen molar-refractivity contribution in [3.63, 3.8) is 0 Å². The van der Waals surface area contributed by atoms with E-state index in [-0.39, 0.29) is 5.82 Å². The zero-order valence-corrected chi connectivity index (χ0v) is 10.3. The van der Waals surface area contributed by atoms with E-state index < -0.39 is 0 Å². The fraction of sp³-hybridized carbons (Fsp3) is 0.308. The molecule has 84 valence electrons. The van der Waals surface area contributed by atoms with Crippen LogP contribution < -0.4 is 0 Å². The number of hydrogen-bond acceptors (Lipinski definition) is 1. The first kappa shape index (κ1) is 11.3. The van der Waals surface area contributed by atoms with Crippen molar-refractivity contribution in [1.82, 2.24) is 4.98 Å². The second-order valence-electron chi connectivity index (χ2n) is 3.96. The molecular weight excluding hydrogens is 225 g/mol. The summed E-state index contributed by atoms with van der Waals surface area (Å²) >= 11 is 6.34. The van der Waals surface area contributed by atoms with E-state index in [0.29, 0.717) is 10.5 Å². The molecule has 0 saturated heterocycles. The Morgan fingerprint density at radius 3 is 2.62 bits per heavy atom. The van der Waals surface area contributed by atoms with Gasteiger partial charge in [0.2, 0.25) is 0 Å². The Hall–Kier alpha value is -1.15. The summed E-state index contributed by atoms with van der Waals surface area (Å²) in [6.07, 6.45) is 0.838. The standard InChI is InChI=1S/C13H13ClFN/c1-4-10-8(3)16-11-6-9(15)5-7(2)12(11)13(10)14/h5-6H,4H2,1-3H3. The van der Waals surface area contributed by atoms with Crippen LogP contribution in [0.25, 0.3) is 10.9 Å². The van der Waals surface area contributed by atoms with E-state index in [1.165, 1.54) is 12.1 Å². The van der Waals surface area contributed by atoms with E-state index in [4.69, 9.17) is 11.6 Å². The molecule has 0 spiro atoms. The maximum absolute atomic E-state index is 13.3. The molecule has 1 aromatic carbocycles. The minimum absolute atomic E-state index is 0.266. The van der Waals surface area contributed by atoms with Crippen molar-refractivity contribution < 1.29 is 4.39 Å². The molecule has 0 saturated carbocycles. The number of pyridine rings is 1. The number of rotatable bonds is 1. The number of fused-ring (bicyclic) bond motifs is 1. The molecule has 0 unspecified atom stereocenters. The summed E-state index contributed by atoms with van der Waals surface area (Å²) in [5.74, 6) is -0.266. The first-order chi connectivity index (χ1) is 7.54. The third kappa shape index (κ3) is 1.67. The maximum Gasteiger partial charge on any atom is 0.125 e. The molecule has 0 fully saturated rings. The lowest BCUT2D eigenvalue weighted by atomic mass is 10.0. The van der Waals surface area contributed by atoms with E-state index in [1.54, 1.807) is 0 Å². The Kier molecular flexibility index (Phi) is 2.85. The summed E-state index contributed by atoms with van der Waals surface area (Å²) in [7, 11) is 0. The fourth-order valence-electron chi connectivity index (χ4n) is 2.07. The normalized spacial score (nSPS) is 11.1. The molecule has 0 atom stereocenters. The Labute approximate surface area is 99.3 Å². The monoisotopic (exact) mass is 237 g/mol. The number of aryl methyl sites for hydroxylation is 2. The Morgan fingerprint density at radius 2 is 2.00 bits per heavy atom. The fourth-order valence-corrected chi connectivity index (χ4v) is 2.58. The average Bonchev–Trinajstić information content (AvgIpc) is 2.15. The molecule has 0 aliphatic rings. The van der Waals surface area contributed by atoms with Gasteiger partial charge < -0.3 is 0 Å². The molecule has 0 radical (unpaired) electrons. The lowest BCUT2D eigenvalue weighted by Gasteiger charge is -2.11. The van der Waals surface area contributed by atoms with Crippen molar-refractivity contribution >= 4 is 22.5 Å². The summed E-state index contributed by atoms with van der Waals surface area (Å²) in [5.41, 5.74) is 3.40. The van der Waals surface area contributed by atoms with E-state index in [0.717, 1.165) is 28.6 Å². The zero-order valence-electron chi connectivity index (χ0n) is 9.56. The summed E-state index contributed by atoms with van der Waals surface area (Å²) in [5, 5.41) is 1.58. The lowest BCUT2D eigenvalue weighted by Crippen LogP contribution is -1.96. The van der Waals surface area contributed by atoms with Crippen LogP contribution in [-0.4, -0.2) is 4.98 Å². The summed E-state index contributed by atoms with van der Waals surface area (Å²) < 4.78 is 13.3. The molecule has 3 heteroatoms. The smallest absolute Gasteiger partial charge is 0.125 e. The number of halogens is 2.